The lowest BCUT2D eigenvalue weighted by Crippen LogP contribution is -2.20. The molecule has 2 aliphatic rings. The van der Waals surface area contributed by atoms with E-state index in [0.717, 1.165) is 0 Å². The van der Waals surface area contributed by atoms with Crippen LogP contribution in [-0.4, -0.2) is 0 Å². The maximum absolute atomic E-state index is 2.49. The van der Waals surface area contributed by atoms with E-state index in [1.54, 1.807) is 11.1 Å². The van der Waals surface area contributed by atoms with Gasteiger partial charge in [0.1, 0.15) is 0 Å². The standard InChI is InChI=1S/C22H20I2S2/c1-9-15-18(22(5,6)11-7-13(23)25-19(11)15)10(2)16-17(9)21(3,4)12-8-14(24)26-20(12)16/h7-8H,1-6H3. The molecule has 0 N–H and O–H groups in total. The summed E-state index contributed by atoms with van der Waals surface area (Å²) in [7, 11) is 0. The first-order valence-corrected chi connectivity index (χ1v) is 12.6. The molecule has 0 spiro atoms. The van der Waals surface area contributed by atoms with Gasteiger partial charge in [-0.05, 0) is 116 Å². The molecule has 4 heteroatoms. The third kappa shape index (κ3) is 2.00. The van der Waals surface area contributed by atoms with E-state index in [9.17, 15) is 0 Å². The van der Waals surface area contributed by atoms with Crippen molar-refractivity contribution in [2.24, 2.45) is 0 Å². The van der Waals surface area contributed by atoms with Crippen molar-refractivity contribution >= 4 is 67.9 Å². The summed E-state index contributed by atoms with van der Waals surface area (Å²) in [4.78, 5) is 3.02. The van der Waals surface area contributed by atoms with Gasteiger partial charge in [0.05, 0.1) is 5.77 Å². The van der Waals surface area contributed by atoms with Crippen LogP contribution in [0, 0.1) is 19.6 Å². The number of hydrogen-bond acceptors (Lipinski definition) is 2. The highest BCUT2D eigenvalue weighted by Gasteiger charge is 2.46. The molecular formula is C22H20I2S2. The maximum atomic E-state index is 2.49. The summed E-state index contributed by atoms with van der Waals surface area (Å²) in [6.45, 7) is 14.4. The Morgan fingerprint density at radius 2 is 1.04 bits per heavy atom. The SMILES string of the molecule is Cc1c2c(c(C)c3c1C(C)(C)c1cc(I)sc1-3)C(C)(C)c1cc(I)sc1-2. The highest BCUT2D eigenvalue weighted by atomic mass is 127. The van der Waals surface area contributed by atoms with Crippen LogP contribution >= 0.6 is 67.9 Å². The zero-order valence-corrected chi connectivity index (χ0v) is 21.7. The van der Waals surface area contributed by atoms with Crippen molar-refractivity contribution in [2.75, 3.05) is 0 Å². The molecule has 26 heavy (non-hydrogen) atoms. The quantitative estimate of drug-likeness (QED) is 0.228. The molecular weight excluding hydrogens is 582 g/mol. The summed E-state index contributed by atoms with van der Waals surface area (Å²) in [6, 6.07) is 4.82. The largest absolute Gasteiger partial charge is 0.129 e. The van der Waals surface area contributed by atoms with Crippen LogP contribution in [0.25, 0.3) is 20.9 Å². The van der Waals surface area contributed by atoms with Gasteiger partial charge >= 0.3 is 0 Å². The van der Waals surface area contributed by atoms with Crippen LogP contribution in [0.4, 0.5) is 0 Å². The molecule has 2 aromatic heterocycles. The summed E-state index contributed by atoms with van der Waals surface area (Å²) in [5.74, 6) is 0. The van der Waals surface area contributed by atoms with Crippen molar-refractivity contribution in [2.45, 2.75) is 52.4 Å². The molecule has 3 aromatic rings. The highest BCUT2D eigenvalue weighted by molar-refractivity contribution is 14.1. The van der Waals surface area contributed by atoms with Crippen LogP contribution in [0.1, 0.15) is 61.1 Å². The second kappa shape index (κ2) is 5.36. The Kier molecular flexibility index (Phi) is 3.74. The number of rotatable bonds is 0. The van der Waals surface area contributed by atoms with Crippen LogP contribution in [-0.2, 0) is 10.8 Å². The molecule has 2 heterocycles. The number of benzene rings is 1. The zero-order chi connectivity index (χ0) is 18.8. The second-order valence-electron chi connectivity index (χ2n) is 8.59. The van der Waals surface area contributed by atoms with Crippen LogP contribution < -0.4 is 0 Å². The molecule has 0 nitrogen and oxygen atoms in total. The first-order valence-electron chi connectivity index (χ1n) is 8.85. The molecule has 0 saturated carbocycles. The summed E-state index contributed by atoms with van der Waals surface area (Å²) < 4.78 is 2.80. The van der Waals surface area contributed by atoms with Crippen molar-refractivity contribution in [3.05, 3.63) is 51.3 Å². The number of thiophene rings is 2. The minimum absolute atomic E-state index is 0.0891. The monoisotopic (exact) mass is 602 g/mol. The normalized spacial score (nSPS) is 17.8. The Balaban J connectivity index is 1.97. The van der Waals surface area contributed by atoms with E-state index in [4.69, 9.17) is 0 Å². The van der Waals surface area contributed by atoms with Gasteiger partial charge in [-0.1, -0.05) is 27.7 Å². The Bertz CT molecular complexity index is 1040. The maximum Gasteiger partial charge on any atom is 0.0663 e. The Morgan fingerprint density at radius 1 is 0.692 bits per heavy atom. The van der Waals surface area contributed by atoms with E-state index in [0.29, 0.717) is 0 Å². The fraction of sp³-hybridized carbons (Fsp3) is 0.364. The van der Waals surface area contributed by atoms with Gasteiger partial charge in [0, 0.05) is 20.6 Å². The number of fused-ring (bicyclic) bond motifs is 6. The molecule has 0 amide bonds. The predicted octanol–water partition coefficient (Wildman–Crippen LogP) is 8.25. The van der Waals surface area contributed by atoms with E-state index in [-0.39, 0.29) is 10.8 Å². The van der Waals surface area contributed by atoms with Crippen LogP contribution in [0.15, 0.2) is 12.1 Å². The lowest BCUT2D eigenvalue weighted by Gasteiger charge is -2.29. The average Bonchev–Trinajstić information content (AvgIpc) is 3.19. The molecule has 1 aromatic carbocycles. The Hall–Kier alpha value is 0.0800. The third-order valence-electron chi connectivity index (χ3n) is 6.45. The average molecular weight is 602 g/mol. The fourth-order valence-electron chi connectivity index (χ4n) is 5.42. The van der Waals surface area contributed by atoms with Crippen molar-refractivity contribution in [1.29, 1.82) is 0 Å². The molecule has 0 unspecified atom stereocenters. The minimum atomic E-state index is 0.0891. The molecule has 0 saturated heterocycles. The molecule has 0 fully saturated rings. The van der Waals surface area contributed by atoms with Gasteiger partial charge in [0.15, 0.2) is 0 Å². The topological polar surface area (TPSA) is 0 Å². The summed E-state index contributed by atoms with van der Waals surface area (Å²) in [5.41, 5.74) is 12.4. The lowest BCUT2D eigenvalue weighted by molar-refractivity contribution is 0.645. The third-order valence-corrected chi connectivity index (χ3v) is 10.3. The number of hydrogen-bond donors (Lipinski definition) is 0. The smallest absolute Gasteiger partial charge is 0.0663 e. The highest BCUT2D eigenvalue weighted by Crippen LogP contribution is 2.62. The van der Waals surface area contributed by atoms with Crippen molar-refractivity contribution in [3.8, 4) is 20.9 Å². The molecule has 0 atom stereocenters. The zero-order valence-electron chi connectivity index (χ0n) is 15.7. The van der Waals surface area contributed by atoms with Crippen LogP contribution in [0.2, 0.25) is 0 Å². The fourth-order valence-corrected chi connectivity index (χ4v) is 9.67. The van der Waals surface area contributed by atoms with Crippen LogP contribution in [0.3, 0.4) is 0 Å². The summed E-state index contributed by atoms with van der Waals surface area (Å²) >= 11 is 8.90. The van der Waals surface area contributed by atoms with Gasteiger partial charge < -0.3 is 0 Å². The summed E-state index contributed by atoms with van der Waals surface area (Å²) in [6.07, 6.45) is 0. The van der Waals surface area contributed by atoms with Crippen LogP contribution in [0.5, 0.6) is 0 Å². The first-order chi connectivity index (χ1) is 12.1. The molecule has 0 radical (unpaired) electrons. The molecule has 2 aliphatic carbocycles. The van der Waals surface area contributed by atoms with Crippen molar-refractivity contribution in [1.82, 2.24) is 0 Å². The van der Waals surface area contributed by atoms with Crippen molar-refractivity contribution in [3.63, 3.8) is 0 Å². The van der Waals surface area contributed by atoms with Gasteiger partial charge in [-0.15, -0.1) is 22.7 Å². The summed E-state index contributed by atoms with van der Waals surface area (Å²) in [5, 5.41) is 0. The van der Waals surface area contributed by atoms with E-state index in [1.165, 1.54) is 48.9 Å². The predicted molar refractivity (Wildman–Crippen MR) is 132 cm³/mol. The van der Waals surface area contributed by atoms with Gasteiger partial charge in [0.2, 0.25) is 0 Å². The number of halogens is 2. The van der Waals surface area contributed by atoms with E-state index < -0.39 is 0 Å². The van der Waals surface area contributed by atoms with E-state index in [1.807, 2.05) is 22.7 Å². The lowest BCUT2D eigenvalue weighted by atomic mass is 9.74. The molecule has 0 aliphatic heterocycles. The van der Waals surface area contributed by atoms with Gasteiger partial charge in [-0.25, -0.2) is 0 Å². The second-order valence-corrected chi connectivity index (χ2v) is 14.5. The Morgan fingerprint density at radius 3 is 1.38 bits per heavy atom. The molecule has 134 valence electrons. The van der Waals surface area contributed by atoms with E-state index >= 15 is 0 Å². The van der Waals surface area contributed by atoms with Gasteiger partial charge in [-0.3, -0.25) is 0 Å². The van der Waals surface area contributed by atoms with Gasteiger partial charge in [-0.2, -0.15) is 0 Å². The minimum Gasteiger partial charge on any atom is -0.129 e. The van der Waals surface area contributed by atoms with Crippen molar-refractivity contribution < 1.29 is 0 Å². The first kappa shape index (κ1) is 18.1. The Labute approximate surface area is 190 Å². The molecule has 0 bridgehead atoms. The van der Waals surface area contributed by atoms with Gasteiger partial charge in [0.25, 0.3) is 0 Å². The molecule has 5 rings (SSSR count). The van der Waals surface area contributed by atoms with E-state index in [2.05, 4.69) is 98.9 Å².